The molecule has 0 saturated carbocycles. The van der Waals surface area contributed by atoms with E-state index >= 15 is 0 Å². The van der Waals surface area contributed by atoms with Gasteiger partial charge >= 0.3 is 0 Å². The first-order chi connectivity index (χ1) is 10.3. The minimum absolute atomic E-state index is 0.0990. The molecule has 0 spiro atoms. The van der Waals surface area contributed by atoms with Gasteiger partial charge in [0.15, 0.2) is 0 Å². The molecule has 1 N–H and O–H groups in total. The standard InChI is InChI=1S/C17H15N3O/c21-17(20-11-13-4-2-1-3-5-13)14-6-7-15-12-18-8-9-19-16(15)10-14/h1-7,9-10,12H,8,11H2,(H,20,21). The van der Waals surface area contributed by atoms with Crippen molar-refractivity contribution in [3.63, 3.8) is 0 Å². The first kappa shape index (κ1) is 13.2. The van der Waals surface area contributed by atoms with Crippen molar-refractivity contribution in [1.82, 2.24) is 5.32 Å². The smallest absolute Gasteiger partial charge is 0.251 e. The van der Waals surface area contributed by atoms with Gasteiger partial charge in [0.2, 0.25) is 0 Å². The summed E-state index contributed by atoms with van der Waals surface area (Å²) >= 11 is 0. The number of amides is 1. The summed E-state index contributed by atoms with van der Waals surface area (Å²) in [4.78, 5) is 20.7. The topological polar surface area (TPSA) is 53.8 Å². The van der Waals surface area contributed by atoms with Crippen LogP contribution in [0.3, 0.4) is 0 Å². The molecule has 4 heteroatoms. The van der Waals surface area contributed by atoms with Gasteiger partial charge < -0.3 is 5.32 Å². The molecule has 21 heavy (non-hydrogen) atoms. The number of carbonyl (C=O) groups is 1. The Morgan fingerprint density at radius 3 is 2.86 bits per heavy atom. The summed E-state index contributed by atoms with van der Waals surface area (Å²) in [5.74, 6) is -0.0990. The lowest BCUT2D eigenvalue weighted by atomic mass is 10.1. The predicted molar refractivity (Wildman–Crippen MR) is 84.7 cm³/mol. The Hall–Kier alpha value is -2.75. The van der Waals surface area contributed by atoms with Crippen molar-refractivity contribution in [3.8, 4) is 0 Å². The highest BCUT2D eigenvalue weighted by Crippen LogP contribution is 2.20. The van der Waals surface area contributed by atoms with Crippen LogP contribution in [-0.2, 0) is 6.54 Å². The fourth-order valence-corrected chi connectivity index (χ4v) is 2.12. The summed E-state index contributed by atoms with van der Waals surface area (Å²) in [6.07, 6.45) is 3.53. The molecule has 0 aliphatic carbocycles. The van der Waals surface area contributed by atoms with Crippen LogP contribution in [-0.4, -0.2) is 24.9 Å². The zero-order valence-electron chi connectivity index (χ0n) is 11.5. The average molecular weight is 277 g/mol. The molecule has 0 bridgehead atoms. The molecule has 0 aromatic heterocycles. The molecule has 0 unspecified atom stereocenters. The molecule has 1 amide bonds. The molecule has 104 valence electrons. The van der Waals surface area contributed by atoms with E-state index in [0.29, 0.717) is 18.7 Å². The van der Waals surface area contributed by atoms with Crippen molar-refractivity contribution in [2.75, 3.05) is 6.54 Å². The Balaban J connectivity index is 1.73. The van der Waals surface area contributed by atoms with Crippen LogP contribution in [0.5, 0.6) is 0 Å². The second kappa shape index (κ2) is 6.13. The Labute approximate surface area is 123 Å². The second-order valence-corrected chi connectivity index (χ2v) is 4.75. The van der Waals surface area contributed by atoms with Gasteiger partial charge in [0.1, 0.15) is 0 Å². The summed E-state index contributed by atoms with van der Waals surface area (Å²) in [6.45, 7) is 1.09. The SMILES string of the molecule is O=C(NCc1ccccc1)c1ccc2c(c1)N=CCN=C2. The fourth-order valence-electron chi connectivity index (χ4n) is 2.12. The van der Waals surface area contributed by atoms with Crippen LogP contribution in [0.25, 0.3) is 0 Å². The van der Waals surface area contributed by atoms with Crippen LogP contribution < -0.4 is 5.32 Å². The van der Waals surface area contributed by atoms with E-state index in [1.165, 1.54) is 0 Å². The van der Waals surface area contributed by atoms with Gasteiger partial charge in [-0.1, -0.05) is 36.4 Å². The third-order valence-electron chi connectivity index (χ3n) is 3.24. The van der Waals surface area contributed by atoms with Gasteiger partial charge in [0, 0.05) is 30.1 Å². The van der Waals surface area contributed by atoms with Gasteiger partial charge in [-0.15, -0.1) is 0 Å². The van der Waals surface area contributed by atoms with Gasteiger partial charge in [-0.05, 0) is 17.7 Å². The number of rotatable bonds is 3. The number of nitrogens with zero attached hydrogens (tertiary/aromatic N) is 2. The van der Waals surface area contributed by atoms with Gasteiger partial charge in [-0.3, -0.25) is 14.8 Å². The second-order valence-electron chi connectivity index (χ2n) is 4.75. The highest BCUT2D eigenvalue weighted by atomic mass is 16.1. The molecule has 0 fully saturated rings. The number of nitrogens with one attached hydrogen (secondary N) is 1. The molecule has 0 atom stereocenters. The van der Waals surface area contributed by atoms with E-state index in [2.05, 4.69) is 15.3 Å². The molecule has 0 saturated heterocycles. The largest absolute Gasteiger partial charge is 0.348 e. The van der Waals surface area contributed by atoms with E-state index in [4.69, 9.17) is 0 Å². The first-order valence-electron chi connectivity index (χ1n) is 6.81. The quantitative estimate of drug-likeness (QED) is 0.921. The van der Waals surface area contributed by atoms with Crippen LogP contribution in [0.2, 0.25) is 0 Å². The van der Waals surface area contributed by atoms with Crippen LogP contribution in [0.4, 0.5) is 5.69 Å². The number of hydrogen-bond acceptors (Lipinski definition) is 3. The lowest BCUT2D eigenvalue weighted by Gasteiger charge is -2.07. The normalized spacial score (nSPS) is 12.6. The Morgan fingerprint density at radius 1 is 1.14 bits per heavy atom. The number of aliphatic imine (C=N–C) groups is 2. The lowest BCUT2D eigenvalue weighted by molar-refractivity contribution is 0.0951. The van der Waals surface area contributed by atoms with Crippen molar-refractivity contribution in [2.24, 2.45) is 9.98 Å². The van der Waals surface area contributed by atoms with E-state index in [1.807, 2.05) is 36.4 Å². The van der Waals surface area contributed by atoms with E-state index in [1.54, 1.807) is 24.6 Å². The van der Waals surface area contributed by atoms with Gasteiger partial charge in [0.25, 0.3) is 5.91 Å². The number of hydrogen-bond donors (Lipinski definition) is 1. The molecule has 3 rings (SSSR count). The van der Waals surface area contributed by atoms with Crippen molar-refractivity contribution < 1.29 is 4.79 Å². The van der Waals surface area contributed by atoms with Crippen molar-refractivity contribution >= 4 is 24.0 Å². The lowest BCUT2D eigenvalue weighted by Crippen LogP contribution is -2.22. The highest BCUT2D eigenvalue weighted by molar-refractivity contribution is 5.98. The minimum atomic E-state index is -0.0990. The maximum absolute atomic E-state index is 12.2. The zero-order chi connectivity index (χ0) is 14.5. The van der Waals surface area contributed by atoms with E-state index in [0.717, 1.165) is 16.8 Å². The molecule has 1 aliphatic rings. The van der Waals surface area contributed by atoms with Crippen molar-refractivity contribution in [3.05, 3.63) is 65.2 Å². The molecule has 2 aromatic rings. The maximum Gasteiger partial charge on any atom is 0.251 e. The fraction of sp³-hybridized carbons (Fsp3) is 0.118. The van der Waals surface area contributed by atoms with Gasteiger partial charge in [-0.25, -0.2) is 0 Å². The highest BCUT2D eigenvalue weighted by Gasteiger charge is 2.09. The number of fused-ring (bicyclic) bond motifs is 1. The summed E-state index contributed by atoms with van der Waals surface area (Å²) < 4.78 is 0. The number of carbonyl (C=O) groups excluding carboxylic acids is 1. The molecule has 2 aromatic carbocycles. The van der Waals surface area contributed by atoms with Gasteiger partial charge in [-0.2, -0.15) is 0 Å². The van der Waals surface area contributed by atoms with Gasteiger partial charge in [0.05, 0.1) is 12.2 Å². The summed E-state index contributed by atoms with van der Waals surface area (Å²) in [5, 5.41) is 2.91. The maximum atomic E-state index is 12.2. The predicted octanol–water partition coefficient (Wildman–Crippen LogP) is 2.75. The zero-order valence-corrected chi connectivity index (χ0v) is 11.5. The minimum Gasteiger partial charge on any atom is -0.348 e. The van der Waals surface area contributed by atoms with Crippen LogP contribution in [0.15, 0.2) is 58.5 Å². The van der Waals surface area contributed by atoms with Crippen LogP contribution in [0.1, 0.15) is 21.5 Å². The van der Waals surface area contributed by atoms with Crippen molar-refractivity contribution in [1.29, 1.82) is 0 Å². The molecule has 4 nitrogen and oxygen atoms in total. The summed E-state index contributed by atoms with van der Waals surface area (Å²) in [6, 6.07) is 15.3. The monoisotopic (exact) mass is 277 g/mol. The Morgan fingerprint density at radius 2 is 2.00 bits per heavy atom. The Bertz CT molecular complexity index is 705. The average Bonchev–Trinajstić information content (AvgIpc) is 2.78. The van der Waals surface area contributed by atoms with E-state index < -0.39 is 0 Å². The molecular weight excluding hydrogens is 262 g/mol. The molecule has 1 aliphatic heterocycles. The van der Waals surface area contributed by atoms with Crippen molar-refractivity contribution in [2.45, 2.75) is 6.54 Å². The Kier molecular flexibility index (Phi) is 3.87. The van der Waals surface area contributed by atoms with E-state index in [-0.39, 0.29) is 5.91 Å². The van der Waals surface area contributed by atoms with Crippen LogP contribution in [0, 0.1) is 0 Å². The summed E-state index contributed by atoms with van der Waals surface area (Å²) in [7, 11) is 0. The van der Waals surface area contributed by atoms with E-state index in [9.17, 15) is 4.79 Å². The molecule has 1 heterocycles. The summed E-state index contributed by atoms with van der Waals surface area (Å²) in [5.41, 5.74) is 3.40. The first-order valence-corrected chi connectivity index (χ1v) is 6.81. The third kappa shape index (κ3) is 3.23. The molecule has 0 radical (unpaired) electrons. The molecular formula is C17H15N3O. The van der Waals surface area contributed by atoms with Crippen LogP contribution >= 0.6 is 0 Å². The number of benzene rings is 2. The third-order valence-corrected chi connectivity index (χ3v) is 3.24.